The Morgan fingerprint density at radius 3 is 2.21 bits per heavy atom. The first-order valence-electron chi connectivity index (χ1n) is 8.93. The van der Waals surface area contributed by atoms with E-state index < -0.39 is 7.14 Å². The summed E-state index contributed by atoms with van der Waals surface area (Å²) in [6, 6.07) is 5.26. The largest absolute Gasteiger partial charge is 0.496 e. The van der Waals surface area contributed by atoms with Crippen LogP contribution < -0.4 is 9.47 Å². The Morgan fingerprint density at radius 2 is 1.71 bits per heavy atom. The van der Waals surface area contributed by atoms with E-state index in [-0.39, 0.29) is 11.2 Å². The predicted octanol–water partition coefficient (Wildman–Crippen LogP) is 5.34. The molecule has 24 heavy (non-hydrogen) atoms. The minimum Gasteiger partial charge on any atom is -0.496 e. The van der Waals surface area contributed by atoms with Crippen LogP contribution in [0.3, 0.4) is 0 Å². The van der Waals surface area contributed by atoms with Crippen molar-refractivity contribution < 1.29 is 18.8 Å². The molecule has 1 aliphatic carbocycles. The van der Waals surface area contributed by atoms with Crippen LogP contribution >= 0.6 is 7.14 Å². The molecule has 1 aromatic rings. The molecule has 0 aliphatic heterocycles. The molecule has 1 fully saturated rings. The Bertz CT molecular complexity index is 583. The van der Waals surface area contributed by atoms with E-state index in [1.807, 2.05) is 0 Å². The van der Waals surface area contributed by atoms with E-state index in [0.717, 1.165) is 44.9 Å². The van der Waals surface area contributed by atoms with Gasteiger partial charge in [0.15, 0.2) is 7.14 Å². The van der Waals surface area contributed by atoms with Crippen LogP contribution in [0.4, 0.5) is 0 Å². The number of hydrogen-bond acceptors (Lipinski definition) is 4. The van der Waals surface area contributed by atoms with Gasteiger partial charge in [-0.15, -0.1) is 0 Å². The van der Waals surface area contributed by atoms with Crippen molar-refractivity contribution in [2.45, 2.75) is 57.5 Å². The molecule has 1 aromatic carbocycles. The molecular weight excluding hydrogens is 323 g/mol. The topological polar surface area (TPSA) is 52.6 Å². The molecule has 0 aromatic heterocycles. The molecule has 1 unspecified atom stereocenters. The van der Waals surface area contributed by atoms with Gasteiger partial charge in [-0.3, -0.25) is 4.79 Å². The fourth-order valence-electron chi connectivity index (χ4n) is 3.62. The average Bonchev–Trinajstić information content (AvgIpc) is 3.15. The third kappa shape index (κ3) is 3.85. The molecule has 1 aliphatic rings. The lowest BCUT2D eigenvalue weighted by Crippen LogP contribution is -2.17. The molecule has 1 saturated carbocycles. The van der Waals surface area contributed by atoms with Crippen LogP contribution in [0.5, 0.6) is 11.5 Å². The Balaban J connectivity index is 2.42. The van der Waals surface area contributed by atoms with Crippen LogP contribution in [0.25, 0.3) is 0 Å². The smallest absolute Gasteiger partial charge is 0.229 e. The average molecular weight is 352 g/mol. The number of carbonyl (C=O) groups excluding carboxylic acids is 1. The molecule has 5 heteroatoms. The molecule has 0 heterocycles. The zero-order chi connectivity index (χ0) is 17.6. The highest BCUT2D eigenvalue weighted by Crippen LogP contribution is 2.60. The fraction of sp³-hybridized carbons (Fsp3) is 0.632. The zero-order valence-electron chi connectivity index (χ0n) is 15.0. The standard InChI is InChI=1S/C19H29O4P/c1-4-5-8-14-24(21,15-10-6-7-11-15)19(20)18-16(22-2)12-9-13-17(18)23-3/h9,12-13,15H,4-8,10-11,14H2,1-3H3. The Labute approximate surface area is 145 Å². The first-order valence-corrected chi connectivity index (χ1v) is 10.9. The summed E-state index contributed by atoms with van der Waals surface area (Å²) in [5.41, 5.74) is 0.130. The van der Waals surface area contributed by atoms with Gasteiger partial charge in [-0.05, 0) is 31.4 Å². The van der Waals surface area contributed by atoms with E-state index in [2.05, 4.69) is 6.92 Å². The van der Waals surface area contributed by atoms with Crippen molar-refractivity contribution in [3.8, 4) is 11.5 Å². The number of benzene rings is 1. The number of rotatable bonds is 9. The second-order valence-electron chi connectivity index (χ2n) is 6.51. The summed E-state index contributed by atoms with van der Waals surface area (Å²) in [4.78, 5) is 13.4. The van der Waals surface area contributed by atoms with Crippen molar-refractivity contribution in [2.24, 2.45) is 0 Å². The van der Waals surface area contributed by atoms with Crippen molar-refractivity contribution in [1.82, 2.24) is 0 Å². The Hall–Kier alpha value is -1.28. The van der Waals surface area contributed by atoms with Crippen LogP contribution in [0.1, 0.15) is 62.2 Å². The normalized spacial score (nSPS) is 17.5. The second-order valence-corrected chi connectivity index (χ2v) is 9.68. The van der Waals surface area contributed by atoms with E-state index >= 15 is 0 Å². The lowest BCUT2D eigenvalue weighted by Gasteiger charge is -2.25. The molecule has 4 nitrogen and oxygen atoms in total. The lowest BCUT2D eigenvalue weighted by atomic mass is 10.2. The lowest BCUT2D eigenvalue weighted by molar-refractivity contribution is 0.106. The summed E-state index contributed by atoms with van der Waals surface area (Å²) >= 11 is 0. The maximum absolute atomic E-state index is 13.9. The van der Waals surface area contributed by atoms with Crippen molar-refractivity contribution in [1.29, 1.82) is 0 Å². The molecule has 0 spiro atoms. The van der Waals surface area contributed by atoms with E-state index in [9.17, 15) is 9.36 Å². The van der Waals surface area contributed by atoms with E-state index in [1.54, 1.807) is 18.2 Å². The van der Waals surface area contributed by atoms with Gasteiger partial charge < -0.3 is 14.0 Å². The van der Waals surface area contributed by atoms with Crippen molar-refractivity contribution in [2.75, 3.05) is 20.4 Å². The third-order valence-corrected chi connectivity index (χ3v) is 8.58. The van der Waals surface area contributed by atoms with E-state index in [0.29, 0.717) is 23.2 Å². The summed E-state index contributed by atoms with van der Waals surface area (Å²) in [5, 5.41) is 0. The fourth-order valence-corrected chi connectivity index (χ4v) is 7.01. The first kappa shape index (κ1) is 19.1. The summed E-state index contributed by atoms with van der Waals surface area (Å²) < 4.78 is 24.6. The van der Waals surface area contributed by atoms with Gasteiger partial charge in [0.1, 0.15) is 17.1 Å². The molecule has 0 amide bonds. The summed E-state index contributed by atoms with van der Waals surface area (Å²) in [7, 11) is 0.0730. The SMILES string of the molecule is CCCCCP(=O)(C(=O)c1c(OC)cccc1OC)C1CCCC1. The van der Waals surface area contributed by atoms with Gasteiger partial charge in [0, 0.05) is 11.8 Å². The monoisotopic (exact) mass is 352 g/mol. The maximum atomic E-state index is 13.9. The quantitative estimate of drug-likeness (QED) is 0.445. The van der Waals surface area contributed by atoms with Crippen molar-refractivity contribution >= 4 is 12.7 Å². The highest BCUT2D eigenvalue weighted by atomic mass is 31.2. The first-order chi connectivity index (χ1) is 11.6. The van der Waals surface area contributed by atoms with Crippen molar-refractivity contribution in [3.05, 3.63) is 23.8 Å². The van der Waals surface area contributed by atoms with Gasteiger partial charge in [-0.2, -0.15) is 0 Å². The van der Waals surface area contributed by atoms with Gasteiger partial charge in [-0.25, -0.2) is 0 Å². The molecule has 1 atom stereocenters. The van der Waals surface area contributed by atoms with Crippen LogP contribution in [0.15, 0.2) is 18.2 Å². The maximum Gasteiger partial charge on any atom is 0.229 e. The second kappa shape index (κ2) is 8.71. The molecule has 0 N–H and O–H groups in total. The van der Waals surface area contributed by atoms with Gasteiger partial charge >= 0.3 is 0 Å². The molecule has 0 bridgehead atoms. The number of hydrogen-bond donors (Lipinski definition) is 0. The molecule has 2 rings (SSSR count). The third-order valence-electron chi connectivity index (χ3n) is 4.99. The molecule has 134 valence electrons. The van der Waals surface area contributed by atoms with Crippen LogP contribution in [-0.2, 0) is 4.57 Å². The number of unbranched alkanes of at least 4 members (excludes halogenated alkanes) is 2. The Morgan fingerprint density at radius 1 is 1.12 bits per heavy atom. The highest BCUT2D eigenvalue weighted by molar-refractivity contribution is 7.81. The van der Waals surface area contributed by atoms with E-state index in [1.165, 1.54) is 14.2 Å². The van der Waals surface area contributed by atoms with Gasteiger partial charge in [0.2, 0.25) is 5.52 Å². The number of methoxy groups -OCH3 is 2. The minimum absolute atomic E-state index is 0.0245. The molecule has 0 radical (unpaired) electrons. The van der Waals surface area contributed by atoms with Crippen molar-refractivity contribution in [3.63, 3.8) is 0 Å². The van der Waals surface area contributed by atoms with Gasteiger partial charge in [-0.1, -0.05) is 38.7 Å². The number of carbonyl (C=O) groups is 1. The predicted molar refractivity (Wildman–Crippen MR) is 98.1 cm³/mol. The molecule has 0 saturated heterocycles. The summed E-state index contributed by atoms with van der Waals surface area (Å²) in [5.74, 6) is 0.904. The van der Waals surface area contributed by atoms with Gasteiger partial charge in [0.05, 0.1) is 14.2 Å². The van der Waals surface area contributed by atoms with Crippen LogP contribution in [-0.4, -0.2) is 31.6 Å². The number of ether oxygens (including phenoxy) is 2. The summed E-state index contributed by atoms with van der Waals surface area (Å²) in [6.07, 6.45) is 7.33. The highest BCUT2D eigenvalue weighted by Gasteiger charge is 2.43. The molecular formula is C19H29O4P. The van der Waals surface area contributed by atoms with Gasteiger partial charge in [0.25, 0.3) is 0 Å². The van der Waals surface area contributed by atoms with E-state index in [4.69, 9.17) is 9.47 Å². The minimum atomic E-state index is -2.99. The summed E-state index contributed by atoms with van der Waals surface area (Å²) in [6.45, 7) is 2.12. The zero-order valence-corrected chi connectivity index (χ0v) is 15.9. The van der Waals surface area contributed by atoms with Crippen LogP contribution in [0.2, 0.25) is 0 Å². The van der Waals surface area contributed by atoms with Crippen LogP contribution in [0, 0.1) is 0 Å². The Kier molecular flexibility index (Phi) is 6.91.